The van der Waals surface area contributed by atoms with E-state index in [0.29, 0.717) is 17.0 Å². The van der Waals surface area contributed by atoms with E-state index in [0.717, 1.165) is 16.7 Å². The number of para-hydroxylation sites is 1. The second-order valence-electron chi connectivity index (χ2n) is 6.24. The third kappa shape index (κ3) is 4.57. The van der Waals surface area contributed by atoms with Crippen molar-refractivity contribution in [3.05, 3.63) is 83.9 Å². The summed E-state index contributed by atoms with van der Waals surface area (Å²) in [6.07, 6.45) is 0. The summed E-state index contributed by atoms with van der Waals surface area (Å²) in [5, 5.41) is 2.81. The van der Waals surface area contributed by atoms with Crippen LogP contribution in [-0.2, 0) is 9.53 Å². The number of nitrogens with one attached hydrogen (secondary N) is 1. The monoisotopic (exact) mass is 375 g/mol. The molecule has 0 unspecified atom stereocenters. The van der Waals surface area contributed by atoms with Crippen molar-refractivity contribution in [1.29, 1.82) is 0 Å². The summed E-state index contributed by atoms with van der Waals surface area (Å²) < 4.78 is 10.4. The Morgan fingerprint density at radius 1 is 0.929 bits per heavy atom. The quantitative estimate of drug-likeness (QED) is 0.646. The van der Waals surface area contributed by atoms with Crippen LogP contribution in [0.15, 0.2) is 72.8 Å². The Morgan fingerprint density at radius 2 is 1.64 bits per heavy atom. The van der Waals surface area contributed by atoms with Crippen molar-refractivity contribution in [2.45, 2.75) is 6.92 Å². The normalized spacial score (nSPS) is 10.2. The maximum Gasteiger partial charge on any atom is 0.342 e. The van der Waals surface area contributed by atoms with Gasteiger partial charge in [-0.2, -0.15) is 0 Å². The van der Waals surface area contributed by atoms with Crippen molar-refractivity contribution < 1.29 is 19.1 Å². The van der Waals surface area contributed by atoms with E-state index in [9.17, 15) is 9.59 Å². The average Bonchev–Trinajstić information content (AvgIpc) is 2.73. The highest BCUT2D eigenvalue weighted by molar-refractivity contribution is 5.99. The Bertz CT molecular complexity index is 983. The summed E-state index contributed by atoms with van der Waals surface area (Å²) in [4.78, 5) is 24.7. The molecule has 3 aromatic rings. The van der Waals surface area contributed by atoms with Gasteiger partial charge in [0.15, 0.2) is 6.61 Å². The van der Waals surface area contributed by atoms with Crippen LogP contribution in [0.3, 0.4) is 0 Å². The van der Waals surface area contributed by atoms with Crippen LogP contribution in [-0.4, -0.2) is 25.6 Å². The van der Waals surface area contributed by atoms with E-state index in [1.807, 2.05) is 67.6 Å². The lowest BCUT2D eigenvalue weighted by Gasteiger charge is -2.12. The SMILES string of the molecule is COc1ccc(C)cc1C(=O)OCC(=O)Nc1ccccc1-c1ccccc1. The number of anilines is 1. The number of esters is 1. The van der Waals surface area contributed by atoms with Crippen LogP contribution >= 0.6 is 0 Å². The number of carbonyl (C=O) groups is 2. The number of benzene rings is 3. The first-order chi connectivity index (χ1) is 13.6. The minimum atomic E-state index is -0.605. The van der Waals surface area contributed by atoms with Gasteiger partial charge in [-0.05, 0) is 30.7 Å². The molecule has 0 aliphatic heterocycles. The smallest absolute Gasteiger partial charge is 0.342 e. The Hall–Kier alpha value is -3.60. The van der Waals surface area contributed by atoms with Gasteiger partial charge in [0.2, 0.25) is 0 Å². The average molecular weight is 375 g/mol. The molecule has 3 rings (SSSR count). The van der Waals surface area contributed by atoms with Gasteiger partial charge in [0.25, 0.3) is 5.91 Å². The van der Waals surface area contributed by atoms with Gasteiger partial charge in [0.1, 0.15) is 11.3 Å². The zero-order chi connectivity index (χ0) is 19.9. The van der Waals surface area contributed by atoms with Gasteiger partial charge in [0, 0.05) is 11.3 Å². The highest BCUT2D eigenvalue weighted by Gasteiger charge is 2.16. The standard InChI is InChI=1S/C23H21NO4/c1-16-12-13-21(27-2)19(14-16)23(26)28-15-22(25)24-20-11-7-6-10-18(20)17-8-4-3-5-9-17/h3-14H,15H2,1-2H3,(H,24,25). The number of hydrogen-bond donors (Lipinski definition) is 1. The van der Waals surface area contributed by atoms with Gasteiger partial charge in [-0.1, -0.05) is 60.2 Å². The van der Waals surface area contributed by atoms with Crippen LogP contribution in [0.4, 0.5) is 5.69 Å². The van der Waals surface area contributed by atoms with Gasteiger partial charge in [-0.3, -0.25) is 4.79 Å². The molecule has 1 amide bonds. The third-order valence-corrected chi connectivity index (χ3v) is 4.20. The number of ether oxygens (including phenoxy) is 2. The molecular formula is C23H21NO4. The van der Waals surface area contributed by atoms with Gasteiger partial charge < -0.3 is 14.8 Å². The first-order valence-corrected chi connectivity index (χ1v) is 8.84. The molecule has 0 atom stereocenters. The lowest BCUT2D eigenvalue weighted by atomic mass is 10.0. The second kappa shape index (κ2) is 8.86. The zero-order valence-electron chi connectivity index (χ0n) is 15.8. The molecular weight excluding hydrogens is 354 g/mol. The summed E-state index contributed by atoms with van der Waals surface area (Å²) in [6, 6.07) is 22.4. The molecule has 28 heavy (non-hydrogen) atoms. The largest absolute Gasteiger partial charge is 0.496 e. The van der Waals surface area contributed by atoms with Crippen molar-refractivity contribution in [1.82, 2.24) is 0 Å². The van der Waals surface area contributed by atoms with Crippen molar-refractivity contribution in [3.8, 4) is 16.9 Å². The van der Waals surface area contributed by atoms with E-state index in [1.165, 1.54) is 7.11 Å². The predicted molar refractivity (Wildman–Crippen MR) is 109 cm³/mol. The molecule has 0 aliphatic rings. The van der Waals surface area contributed by atoms with E-state index in [1.54, 1.807) is 12.1 Å². The molecule has 5 heteroatoms. The molecule has 0 bridgehead atoms. The van der Waals surface area contributed by atoms with Crippen molar-refractivity contribution in [2.75, 3.05) is 19.0 Å². The van der Waals surface area contributed by atoms with Crippen molar-refractivity contribution >= 4 is 17.6 Å². The number of hydrogen-bond acceptors (Lipinski definition) is 4. The minimum Gasteiger partial charge on any atom is -0.496 e. The first kappa shape index (κ1) is 19.2. The van der Waals surface area contributed by atoms with Crippen LogP contribution in [0.5, 0.6) is 5.75 Å². The summed E-state index contributed by atoms with van der Waals surface area (Å²) in [6.45, 7) is 1.47. The van der Waals surface area contributed by atoms with Crippen LogP contribution < -0.4 is 10.1 Å². The number of rotatable bonds is 6. The van der Waals surface area contributed by atoms with Crippen LogP contribution in [0.2, 0.25) is 0 Å². The molecule has 0 heterocycles. The van der Waals surface area contributed by atoms with Crippen LogP contribution in [0, 0.1) is 6.92 Å². The lowest BCUT2D eigenvalue weighted by Crippen LogP contribution is -2.21. The minimum absolute atomic E-state index is 0.292. The summed E-state index contributed by atoms with van der Waals surface area (Å²) in [5.41, 5.74) is 3.72. The predicted octanol–water partition coefficient (Wildman–Crippen LogP) is 4.47. The molecule has 0 radical (unpaired) electrons. The van der Waals surface area contributed by atoms with Gasteiger partial charge in [0.05, 0.1) is 7.11 Å². The molecule has 0 fully saturated rings. The molecule has 0 saturated heterocycles. The van der Waals surface area contributed by atoms with E-state index < -0.39 is 11.9 Å². The van der Waals surface area contributed by atoms with Crippen LogP contribution in [0.25, 0.3) is 11.1 Å². The first-order valence-electron chi connectivity index (χ1n) is 8.84. The lowest BCUT2D eigenvalue weighted by molar-refractivity contribution is -0.119. The highest BCUT2D eigenvalue weighted by Crippen LogP contribution is 2.27. The molecule has 3 aromatic carbocycles. The van der Waals surface area contributed by atoms with Gasteiger partial charge >= 0.3 is 5.97 Å². The second-order valence-corrected chi connectivity index (χ2v) is 6.24. The van der Waals surface area contributed by atoms with Gasteiger partial charge in [-0.15, -0.1) is 0 Å². The fourth-order valence-corrected chi connectivity index (χ4v) is 2.84. The number of amides is 1. The molecule has 0 aromatic heterocycles. The molecule has 0 aliphatic carbocycles. The summed E-state index contributed by atoms with van der Waals surface area (Å²) >= 11 is 0. The molecule has 1 N–H and O–H groups in total. The van der Waals surface area contributed by atoms with E-state index in [4.69, 9.17) is 9.47 Å². The fraction of sp³-hybridized carbons (Fsp3) is 0.130. The van der Waals surface area contributed by atoms with E-state index >= 15 is 0 Å². The van der Waals surface area contributed by atoms with E-state index in [-0.39, 0.29) is 6.61 Å². The third-order valence-electron chi connectivity index (χ3n) is 4.20. The Balaban J connectivity index is 1.68. The Labute approximate surface area is 163 Å². The fourth-order valence-electron chi connectivity index (χ4n) is 2.84. The van der Waals surface area contributed by atoms with Gasteiger partial charge in [-0.25, -0.2) is 4.79 Å². The number of carbonyl (C=O) groups excluding carboxylic acids is 2. The highest BCUT2D eigenvalue weighted by atomic mass is 16.5. The van der Waals surface area contributed by atoms with Crippen molar-refractivity contribution in [2.24, 2.45) is 0 Å². The van der Waals surface area contributed by atoms with Crippen LogP contribution in [0.1, 0.15) is 15.9 Å². The summed E-state index contributed by atoms with van der Waals surface area (Å²) in [7, 11) is 1.48. The maximum atomic E-state index is 12.3. The Morgan fingerprint density at radius 3 is 2.39 bits per heavy atom. The number of aryl methyl sites for hydroxylation is 1. The topological polar surface area (TPSA) is 64.6 Å². The molecule has 142 valence electrons. The Kier molecular flexibility index (Phi) is 6.07. The summed E-state index contributed by atoms with van der Waals surface area (Å²) in [5.74, 6) is -0.610. The molecule has 5 nitrogen and oxygen atoms in total. The maximum absolute atomic E-state index is 12.3. The molecule has 0 spiro atoms. The van der Waals surface area contributed by atoms with Crippen molar-refractivity contribution in [3.63, 3.8) is 0 Å². The molecule has 0 saturated carbocycles. The van der Waals surface area contributed by atoms with E-state index in [2.05, 4.69) is 5.32 Å². The zero-order valence-corrected chi connectivity index (χ0v) is 15.8. The number of methoxy groups -OCH3 is 1.